The fourth-order valence-electron chi connectivity index (χ4n) is 6.56. The van der Waals surface area contributed by atoms with Crippen LogP contribution in [0.4, 0.5) is 14.6 Å². The van der Waals surface area contributed by atoms with Crippen molar-refractivity contribution in [2.45, 2.75) is 58.3 Å². The average molecular weight is 613 g/mol. The summed E-state index contributed by atoms with van der Waals surface area (Å²) in [6, 6.07) is 6.21. The largest absolute Gasteiger partial charge is 0.369 e. The lowest BCUT2D eigenvalue weighted by atomic mass is 9.71. The highest BCUT2D eigenvalue weighted by Crippen LogP contribution is 2.44. The van der Waals surface area contributed by atoms with Gasteiger partial charge in [0.1, 0.15) is 5.82 Å². The van der Waals surface area contributed by atoms with Crippen molar-refractivity contribution in [2.75, 3.05) is 70.3 Å². The van der Waals surface area contributed by atoms with Crippen molar-refractivity contribution in [3.05, 3.63) is 53.0 Å². The number of hydrogen-bond donors (Lipinski definition) is 2. The fourth-order valence-corrected chi connectivity index (χ4v) is 6.56. The zero-order valence-corrected chi connectivity index (χ0v) is 26.0. The van der Waals surface area contributed by atoms with Crippen LogP contribution in [0.5, 0.6) is 5.88 Å². The molecule has 2 aromatic rings. The normalized spacial score (nSPS) is 20.6. The van der Waals surface area contributed by atoms with Gasteiger partial charge in [0.25, 0.3) is 17.7 Å². The molecule has 4 aliphatic rings. The molecule has 0 radical (unpaired) electrons. The summed E-state index contributed by atoms with van der Waals surface area (Å²) in [7, 11) is 0. The lowest BCUT2D eigenvalue weighted by Gasteiger charge is -2.36. The molecule has 3 aliphatic heterocycles. The maximum absolute atomic E-state index is 14.4. The molecule has 0 unspecified atom stereocenters. The van der Waals surface area contributed by atoms with Crippen LogP contribution in [0.1, 0.15) is 84.6 Å². The molecule has 6 rings (SSSR count). The van der Waals surface area contributed by atoms with Crippen LogP contribution >= 0.6 is 0 Å². The second kappa shape index (κ2) is 14.6. The quantitative estimate of drug-likeness (QED) is 0.513. The summed E-state index contributed by atoms with van der Waals surface area (Å²) < 4.78 is 27.7. The second-order valence-corrected chi connectivity index (χ2v) is 13.1. The van der Waals surface area contributed by atoms with E-state index in [4.69, 9.17) is 0 Å². The third-order valence-corrected chi connectivity index (χ3v) is 9.40. The van der Waals surface area contributed by atoms with Crippen molar-refractivity contribution >= 4 is 17.5 Å². The van der Waals surface area contributed by atoms with Crippen LogP contribution < -0.4 is 20.5 Å². The molecule has 11 heteroatoms. The Bertz CT molecular complexity index is 1270. The van der Waals surface area contributed by atoms with Crippen molar-refractivity contribution in [3.8, 4) is 5.88 Å². The van der Waals surface area contributed by atoms with E-state index in [9.17, 15) is 18.5 Å². The molecule has 1 aliphatic carbocycles. The number of aromatic nitrogens is 1. The molecule has 240 valence electrons. The van der Waals surface area contributed by atoms with E-state index in [0.29, 0.717) is 48.6 Å². The summed E-state index contributed by atoms with van der Waals surface area (Å²) in [6.07, 6.45) is 7.94. The van der Waals surface area contributed by atoms with Crippen LogP contribution in [0.15, 0.2) is 30.5 Å². The van der Waals surface area contributed by atoms with E-state index < -0.39 is 5.82 Å². The van der Waals surface area contributed by atoms with Crippen LogP contribution in [0.2, 0.25) is 0 Å². The molecule has 4 heterocycles. The van der Waals surface area contributed by atoms with Gasteiger partial charge in [0.2, 0.25) is 0 Å². The number of carbonyl (C=O) groups excluding carboxylic acids is 2. The molecular formula is C33H46F2N6O3. The zero-order chi connectivity index (χ0) is 31.1. The number of pyridine rings is 1. The second-order valence-electron chi connectivity index (χ2n) is 13.1. The molecule has 4 fully saturated rings. The summed E-state index contributed by atoms with van der Waals surface area (Å²) in [6.45, 7) is 11.5. The van der Waals surface area contributed by atoms with Gasteiger partial charge in [-0.05, 0) is 87.2 Å². The number of nitrogens with one attached hydrogen (secondary N) is 2. The third-order valence-electron chi connectivity index (χ3n) is 9.40. The summed E-state index contributed by atoms with van der Waals surface area (Å²) in [5.41, 5.74) is 2.30. The Morgan fingerprint density at radius 2 is 1.43 bits per heavy atom. The lowest BCUT2D eigenvalue weighted by molar-refractivity contribution is -0.0139. The van der Waals surface area contributed by atoms with Crippen molar-refractivity contribution < 1.29 is 23.4 Å². The highest BCUT2D eigenvalue weighted by atomic mass is 19.3. The molecule has 44 heavy (non-hydrogen) atoms. The van der Waals surface area contributed by atoms with E-state index in [-0.39, 0.29) is 29.0 Å². The first kappa shape index (κ1) is 32.1. The van der Waals surface area contributed by atoms with Crippen molar-refractivity contribution in [2.24, 2.45) is 5.41 Å². The van der Waals surface area contributed by atoms with Crippen molar-refractivity contribution in [3.63, 3.8) is 0 Å². The predicted octanol–water partition coefficient (Wildman–Crippen LogP) is 4.55. The Morgan fingerprint density at radius 1 is 0.841 bits per heavy atom. The van der Waals surface area contributed by atoms with Gasteiger partial charge >= 0.3 is 0 Å². The first-order chi connectivity index (χ1) is 21.2. The molecule has 9 nitrogen and oxygen atoms in total. The van der Waals surface area contributed by atoms with Gasteiger partial charge in [-0.1, -0.05) is 13.8 Å². The Balaban J connectivity index is 0.000000698. The Morgan fingerprint density at radius 3 is 2.00 bits per heavy atom. The predicted molar refractivity (Wildman–Crippen MR) is 166 cm³/mol. The number of piperazine rings is 2. The molecule has 2 amide bonds. The molecule has 0 bridgehead atoms. The number of carbonyl (C=O) groups is 2. The minimum Gasteiger partial charge on any atom is -0.369 e. The van der Waals surface area contributed by atoms with Gasteiger partial charge in [0.15, 0.2) is 0 Å². The Labute approximate surface area is 259 Å². The van der Waals surface area contributed by atoms with Gasteiger partial charge in [-0.25, -0.2) is 9.37 Å². The first-order valence-corrected chi connectivity index (χ1v) is 16.1. The standard InChI is InChI=1S/C29H37F2N5O3.C4H9N/c1-29(2)5-3-20(4-6-29)25-17-22(19-33-26(25)39-31)28(38)36-13-11-35(12-14-36)27(37)21-15-23(30)18-24(16-21)34-9-7-32-8-10-34;1-2-4-5-3-1/h15-20,32H,3-14H2,1-2H3;5H,1-4H2. The molecule has 1 saturated carbocycles. The Kier molecular flexibility index (Phi) is 10.7. The van der Waals surface area contributed by atoms with Gasteiger partial charge < -0.3 is 25.3 Å². The highest BCUT2D eigenvalue weighted by Gasteiger charge is 2.32. The monoisotopic (exact) mass is 612 g/mol. The molecule has 1 aromatic heterocycles. The fraction of sp³-hybridized carbons (Fsp3) is 0.606. The maximum Gasteiger partial charge on any atom is 0.266 e. The zero-order valence-electron chi connectivity index (χ0n) is 26.0. The van der Waals surface area contributed by atoms with E-state index in [1.165, 1.54) is 44.3 Å². The number of rotatable bonds is 5. The van der Waals surface area contributed by atoms with Crippen molar-refractivity contribution in [1.82, 2.24) is 25.4 Å². The molecule has 0 spiro atoms. The van der Waals surface area contributed by atoms with Crippen LogP contribution in [-0.2, 0) is 0 Å². The maximum atomic E-state index is 14.4. The SMILES string of the molecule is C1CCNC1.CC1(C)CCC(c2cc(C(=O)N3CCN(C(=O)c4cc(F)cc(N5CCNCC5)c4)CC3)cnc2OF)CC1. The average Bonchev–Trinajstić information content (AvgIpc) is 3.65. The van der Waals surface area contributed by atoms with Crippen molar-refractivity contribution in [1.29, 1.82) is 0 Å². The van der Waals surface area contributed by atoms with E-state index in [1.54, 1.807) is 21.9 Å². The van der Waals surface area contributed by atoms with Gasteiger partial charge in [-0.15, -0.1) is 0 Å². The molecule has 3 saturated heterocycles. The summed E-state index contributed by atoms with van der Waals surface area (Å²) in [5, 5.41) is 6.49. The minimum atomic E-state index is -0.436. The number of benzene rings is 1. The van der Waals surface area contributed by atoms with E-state index >= 15 is 0 Å². The van der Waals surface area contributed by atoms with Gasteiger partial charge in [-0.2, -0.15) is 0 Å². The summed E-state index contributed by atoms with van der Waals surface area (Å²) >= 11 is 0. The van der Waals surface area contributed by atoms with Crippen LogP contribution in [-0.4, -0.2) is 92.0 Å². The Hall–Kier alpha value is -3.31. The van der Waals surface area contributed by atoms with Gasteiger partial charge in [-0.3, -0.25) is 14.5 Å². The minimum absolute atomic E-state index is 0.0676. The molecular weight excluding hydrogens is 566 g/mol. The van der Waals surface area contributed by atoms with Crippen LogP contribution in [0.3, 0.4) is 0 Å². The molecule has 1 aromatic carbocycles. The van der Waals surface area contributed by atoms with E-state index in [2.05, 4.69) is 39.3 Å². The number of hydrogen-bond acceptors (Lipinski definition) is 7. The number of amides is 2. The number of anilines is 1. The lowest BCUT2D eigenvalue weighted by Crippen LogP contribution is -2.50. The van der Waals surface area contributed by atoms with Gasteiger partial charge in [0, 0.05) is 79.9 Å². The van der Waals surface area contributed by atoms with Gasteiger partial charge in [0.05, 0.1) is 5.56 Å². The number of halogens is 2. The van der Waals surface area contributed by atoms with E-state index in [1.807, 2.05) is 0 Å². The molecule has 0 atom stereocenters. The smallest absolute Gasteiger partial charge is 0.266 e. The van der Waals surface area contributed by atoms with Crippen LogP contribution in [0, 0.1) is 11.2 Å². The first-order valence-electron chi connectivity index (χ1n) is 16.1. The van der Waals surface area contributed by atoms with E-state index in [0.717, 1.165) is 51.9 Å². The summed E-state index contributed by atoms with van der Waals surface area (Å²) in [5.74, 6) is -0.859. The highest BCUT2D eigenvalue weighted by molar-refractivity contribution is 5.96. The molecule has 2 N–H and O–H groups in total. The van der Waals surface area contributed by atoms with Crippen LogP contribution in [0.25, 0.3) is 0 Å². The number of nitrogens with zero attached hydrogens (tertiary/aromatic N) is 4. The summed E-state index contributed by atoms with van der Waals surface area (Å²) in [4.78, 5) is 40.2. The third kappa shape index (κ3) is 8.04. The topological polar surface area (TPSA) is 90.0 Å².